The van der Waals surface area contributed by atoms with E-state index >= 15 is 0 Å². The first-order valence-electron chi connectivity index (χ1n) is 15.0. The molecule has 214 valence electrons. The van der Waals surface area contributed by atoms with E-state index in [9.17, 15) is 0 Å². The first-order valence-corrected chi connectivity index (χ1v) is 15.0. The molecule has 0 amide bonds. The summed E-state index contributed by atoms with van der Waals surface area (Å²) in [5.74, 6) is 3.03. The fourth-order valence-corrected chi connectivity index (χ4v) is 5.88. The maximum atomic E-state index is 5.01. The van der Waals surface area contributed by atoms with Crippen LogP contribution in [-0.2, 0) is 0 Å². The number of para-hydroxylation sites is 2. The summed E-state index contributed by atoms with van der Waals surface area (Å²) in [5, 5.41) is 0. The van der Waals surface area contributed by atoms with Crippen molar-refractivity contribution in [2.24, 2.45) is 0 Å². The summed E-state index contributed by atoms with van der Waals surface area (Å²) in [4.78, 5) is 24.0. The van der Waals surface area contributed by atoms with Crippen LogP contribution in [0.4, 0.5) is 0 Å². The van der Waals surface area contributed by atoms with E-state index in [1.54, 1.807) is 0 Å². The lowest BCUT2D eigenvalue weighted by molar-refractivity contribution is 0.851. The van der Waals surface area contributed by atoms with Gasteiger partial charge in [-0.3, -0.25) is 9.55 Å². The summed E-state index contributed by atoms with van der Waals surface area (Å²) in [6, 6.07) is 41.2. The third-order valence-corrected chi connectivity index (χ3v) is 8.08. The van der Waals surface area contributed by atoms with E-state index in [-0.39, 0.29) is 5.92 Å². The molecule has 0 spiro atoms. The molecule has 0 aliphatic heterocycles. The van der Waals surface area contributed by atoms with E-state index in [4.69, 9.17) is 19.9 Å². The third-order valence-electron chi connectivity index (χ3n) is 8.08. The molecular weight excluding hydrogens is 552 g/mol. The monoisotopic (exact) mass is 580 g/mol. The van der Waals surface area contributed by atoms with Gasteiger partial charge >= 0.3 is 0 Å². The predicted molar refractivity (Wildman–Crippen MR) is 179 cm³/mol. The van der Waals surface area contributed by atoms with Crippen molar-refractivity contribution < 1.29 is 0 Å². The number of hydrogen-bond acceptors (Lipinski definition) is 5. The van der Waals surface area contributed by atoms with Gasteiger partial charge in [-0.2, -0.15) is 0 Å². The fraction of sp³-hybridized carbons (Fsp3) is 0.0513. The van der Waals surface area contributed by atoms with Gasteiger partial charge in [0.1, 0.15) is 5.82 Å². The van der Waals surface area contributed by atoms with Crippen molar-refractivity contribution in [2.45, 2.75) is 12.3 Å². The van der Waals surface area contributed by atoms with E-state index in [0.29, 0.717) is 17.5 Å². The zero-order valence-corrected chi connectivity index (χ0v) is 24.4. The second-order valence-electron chi connectivity index (χ2n) is 11.0. The van der Waals surface area contributed by atoms with E-state index < -0.39 is 0 Å². The zero-order chi connectivity index (χ0) is 30.0. The molecule has 8 rings (SSSR count). The van der Waals surface area contributed by atoms with Gasteiger partial charge in [0.2, 0.25) is 0 Å². The van der Waals surface area contributed by atoms with Crippen molar-refractivity contribution in [3.8, 4) is 39.9 Å². The molecule has 0 radical (unpaired) electrons. The van der Waals surface area contributed by atoms with Crippen molar-refractivity contribution in [1.82, 2.24) is 29.5 Å². The number of nitrogens with zero attached hydrogens (tertiary/aromatic N) is 6. The molecule has 1 atom stereocenters. The number of aromatic nitrogens is 6. The lowest BCUT2D eigenvalue weighted by Gasteiger charge is -2.19. The summed E-state index contributed by atoms with van der Waals surface area (Å²) in [7, 11) is 0. The second-order valence-corrected chi connectivity index (χ2v) is 11.0. The van der Waals surface area contributed by atoms with Crippen LogP contribution in [0.5, 0.6) is 0 Å². The molecule has 7 aromatic rings. The molecule has 0 N–H and O–H groups in total. The van der Waals surface area contributed by atoms with Gasteiger partial charge in [-0.25, -0.2) is 19.9 Å². The molecular formula is C39H28N6. The highest BCUT2D eigenvalue weighted by molar-refractivity contribution is 5.83. The van der Waals surface area contributed by atoms with Crippen molar-refractivity contribution in [1.29, 1.82) is 0 Å². The highest BCUT2D eigenvalue weighted by Crippen LogP contribution is 2.34. The summed E-state index contributed by atoms with van der Waals surface area (Å²) in [6.07, 6.45) is 11.1. The summed E-state index contributed by atoms with van der Waals surface area (Å²) >= 11 is 0. The Hall–Kier alpha value is -6.01. The zero-order valence-electron chi connectivity index (χ0n) is 24.4. The maximum Gasteiger partial charge on any atom is 0.164 e. The van der Waals surface area contributed by atoms with Crippen LogP contribution in [0.2, 0.25) is 0 Å². The van der Waals surface area contributed by atoms with E-state index in [1.807, 2.05) is 91.3 Å². The minimum atomic E-state index is 0.154. The van der Waals surface area contributed by atoms with Gasteiger partial charge in [0.25, 0.3) is 0 Å². The Morgan fingerprint density at radius 1 is 0.578 bits per heavy atom. The number of hydrogen-bond donors (Lipinski definition) is 0. The van der Waals surface area contributed by atoms with Crippen molar-refractivity contribution in [3.05, 3.63) is 163 Å². The molecule has 4 aromatic carbocycles. The second kappa shape index (κ2) is 11.6. The molecule has 0 saturated carbocycles. The first kappa shape index (κ1) is 26.6. The molecule has 1 aliphatic rings. The van der Waals surface area contributed by atoms with Gasteiger partial charge in [0.15, 0.2) is 17.5 Å². The predicted octanol–water partition coefficient (Wildman–Crippen LogP) is 8.73. The molecule has 3 aromatic heterocycles. The standard InChI is InChI=1S/C39H28N6/c1-3-11-27(12-4-1)36-42-37(28-13-5-2-6-14-28)44-38(43-36)32-17-9-15-30(25-32)31-16-10-18-33(26-31)45-35-20-8-7-19-34(35)41-39(45)29-21-23-40-24-22-29/h1-14,16-26,30H,15H2. The normalized spacial score (nSPS) is 14.4. The Morgan fingerprint density at radius 2 is 1.24 bits per heavy atom. The van der Waals surface area contributed by atoms with Gasteiger partial charge in [-0.1, -0.05) is 103 Å². The van der Waals surface area contributed by atoms with Gasteiger partial charge in [-0.15, -0.1) is 0 Å². The highest BCUT2D eigenvalue weighted by atomic mass is 15.1. The van der Waals surface area contributed by atoms with Crippen molar-refractivity contribution in [2.75, 3.05) is 0 Å². The number of imidazole rings is 1. The van der Waals surface area contributed by atoms with Gasteiger partial charge in [0, 0.05) is 46.3 Å². The Labute approximate surface area is 261 Å². The van der Waals surface area contributed by atoms with Gasteiger partial charge in [0.05, 0.1) is 11.0 Å². The molecule has 0 saturated heterocycles. The fourth-order valence-electron chi connectivity index (χ4n) is 5.88. The van der Waals surface area contributed by atoms with E-state index in [0.717, 1.165) is 51.2 Å². The maximum absolute atomic E-state index is 5.01. The number of pyridine rings is 1. The average Bonchev–Trinajstić information content (AvgIpc) is 3.53. The first-order chi connectivity index (χ1) is 22.3. The minimum absolute atomic E-state index is 0.154. The molecule has 0 fully saturated rings. The van der Waals surface area contributed by atoms with Crippen LogP contribution in [0.3, 0.4) is 0 Å². The third kappa shape index (κ3) is 5.23. The molecule has 1 unspecified atom stereocenters. The van der Waals surface area contributed by atoms with Gasteiger partial charge < -0.3 is 0 Å². The van der Waals surface area contributed by atoms with E-state index in [2.05, 4.69) is 70.2 Å². The Balaban J connectivity index is 1.21. The van der Waals surface area contributed by atoms with E-state index in [1.165, 1.54) is 5.56 Å². The topological polar surface area (TPSA) is 69.4 Å². The van der Waals surface area contributed by atoms with Crippen LogP contribution >= 0.6 is 0 Å². The number of fused-ring (bicyclic) bond motifs is 1. The Kier molecular flexibility index (Phi) is 6.85. The Morgan fingerprint density at radius 3 is 1.98 bits per heavy atom. The quantitative estimate of drug-likeness (QED) is 0.197. The van der Waals surface area contributed by atoms with Crippen LogP contribution < -0.4 is 0 Å². The van der Waals surface area contributed by atoms with Crippen LogP contribution in [-0.4, -0.2) is 29.5 Å². The smallest absolute Gasteiger partial charge is 0.164 e. The molecule has 1 aliphatic carbocycles. The van der Waals surface area contributed by atoms with Crippen molar-refractivity contribution in [3.63, 3.8) is 0 Å². The molecule has 6 nitrogen and oxygen atoms in total. The average molecular weight is 581 g/mol. The number of benzene rings is 4. The summed E-state index contributed by atoms with van der Waals surface area (Å²) < 4.78 is 2.24. The Bertz CT molecular complexity index is 2130. The highest BCUT2D eigenvalue weighted by Gasteiger charge is 2.19. The lowest BCUT2D eigenvalue weighted by Crippen LogP contribution is -2.06. The summed E-state index contributed by atoms with van der Waals surface area (Å²) in [6.45, 7) is 0. The van der Waals surface area contributed by atoms with Crippen LogP contribution in [0.25, 0.3) is 56.5 Å². The summed E-state index contributed by atoms with van der Waals surface area (Å²) in [5.41, 5.74) is 8.22. The molecule has 3 heterocycles. The van der Waals surface area contributed by atoms with Crippen LogP contribution in [0, 0.1) is 0 Å². The lowest BCUT2D eigenvalue weighted by atomic mass is 9.89. The van der Waals surface area contributed by atoms with Crippen molar-refractivity contribution >= 4 is 16.6 Å². The number of rotatable bonds is 6. The molecule has 45 heavy (non-hydrogen) atoms. The van der Waals surface area contributed by atoms with Crippen LogP contribution in [0.15, 0.2) is 152 Å². The largest absolute Gasteiger partial charge is 0.292 e. The van der Waals surface area contributed by atoms with Crippen LogP contribution in [0.1, 0.15) is 23.7 Å². The van der Waals surface area contributed by atoms with Gasteiger partial charge in [-0.05, 0) is 48.4 Å². The number of allylic oxidation sites excluding steroid dienone is 4. The molecule has 6 heteroatoms. The molecule has 0 bridgehead atoms. The SMILES string of the molecule is C1=CC(c2nc(-c3ccccc3)nc(-c3ccccc3)n2)=CC(c2cccc(-n3c(-c4ccncc4)nc4ccccc43)c2)C1. The minimum Gasteiger partial charge on any atom is -0.292 e.